The summed E-state index contributed by atoms with van der Waals surface area (Å²) in [5.74, 6) is -1.11. The summed E-state index contributed by atoms with van der Waals surface area (Å²) in [5, 5.41) is 5.61. The van der Waals surface area contributed by atoms with Crippen molar-refractivity contribution in [1.82, 2.24) is 10.3 Å². The molecule has 0 radical (unpaired) electrons. The first-order chi connectivity index (χ1) is 13.9. The lowest BCUT2D eigenvalue weighted by molar-refractivity contribution is -0.274. The number of nitrogens with two attached hydrogens (primary N) is 1. The van der Waals surface area contributed by atoms with Crippen molar-refractivity contribution in [2.24, 2.45) is 11.1 Å². The zero-order valence-electron chi connectivity index (χ0n) is 16.6. The lowest BCUT2D eigenvalue weighted by Gasteiger charge is -2.32. The van der Waals surface area contributed by atoms with E-state index in [1.165, 1.54) is 12.1 Å². The van der Waals surface area contributed by atoms with Crippen molar-refractivity contribution < 1.29 is 27.5 Å². The summed E-state index contributed by atoms with van der Waals surface area (Å²) < 4.78 is 41.5. The van der Waals surface area contributed by atoms with Gasteiger partial charge in [-0.15, -0.1) is 13.2 Å². The van der Waals surface area contributed by atoms with Crippen LogP contribution in [0.25, 0.3) is 10.2 Å². The number of amides is 2. The second kappa shape index (κ2) is 8.03. The highest BCUT2D eigenvalue weighted by atomic mass is 32.1. The number of anilines is 1. The first-order valence-electron chi connectivity index (χ1n) is 9.45. The van der Waals surface area contributed by atoms with Gasteiger partial charge in [-0.05, 0) is 38.8 Å². The van der Waals surface area contributed by atoms with Crippen LogP contribution < -0.4 is 21.1 Å². The Hall–Kier alpha value is -2.40. The monoisotopic (exact) mass is 444 g/mol. The lowest BCUT2D eigenvalue weighted by Crippen LogP contribution is -2.57. The SMILES string of the molecule is CC(C)(NC(=O)C1(CN)CCCC1)C(=O)Nc1nc2ccc(OC(F)(F)F)cc2s1. The molecule has 2 aromatic rings. The third-order valence-electron chi connectivity index (χ3n) is 5.24. The summed E-state index contributed by atoms with van der Waals surface area (Å²) in [5.41, 5.74) is 4.37. The predicted molar refractivity (Wildman–Crippen MR) is 107 cm³/mol. The number of thiazole rings is 1. The van der Waals surface area contributed by atoms with Crippen LogP contribution in [0.4, 0.5) is 18.3 Å². The summed E-state index contributed by atoms with van der Waals surface area (Å²) in [7, 11) is 0. The highest BCUT2D eigenvalue weighted by molar-refractivity contribution is 7.22. The maximum atomic E-state index is 12.8. The summed E-state index contributed by atoms with van der Waals surface area (Å²) in [6.45, 7) is 3.36. The highest BCUT2D eigenvalue weighted by Gasteiger charge is 2.43. The standard InChI is InChI=1S/C19H23F3N4O3S/c1-17(2,26-15(28)18(10-23)7-3-4-8-18)14(27)25-16-24-12-6-5-11(9-13(12)30-16)29-19(20,21)22/h5-6,9H,3-4,7-8,10,23H2,1-2H3,(H,26,28)(H,24,25,27). The Bertz CT molecular complexity index is 952. The number of ether oxygens (including phenoxy) is 1. The Morgan fingerprint density at radius 1 is 1.27 bits per heavy atom. The minimum atomic E-state index is -4.79. The molecule has 1 aliphatic rings. The molecule has 1 aliphatic carbocycles. The molecule has 7 nitrogen and oxygen atoms in total. The average Bonchev–Trinajstić information content (AvgIpc) is 3.26. The second-order valence-electron chi connectivity index (χ2n) is 7.92. The molecule has 30 heavy (non-hydrogen) atoms. The van der Waals surface area contributed by atoms with Gasteiger partial charge in [0.25, 0.3) is 5.91 Å². The van der Waals surface area contributed by atoms with E-state index >= 15 is 0 Å². The highest BCUT2D eigenvalue weighted by Crippen LogP contribution is 2.38. The van der Waals surface area contributed by atoms with E-state index in [1.54, 1.807) is 13.8 Å². The molecule has 0 bridgehead atoms. The number of nitrogens with zero attached hydrogens (tertiary/aromatic N) is 1. The summed E-state index contributed by atoms with van der Waals surface area (Å²) in [4.78, 5) is 29.7. The minimum absolute atomic E-state index is 0.205. The number of aromatic nitrogens is 1. The van der Waals surface area contributed by atoms with Crippen molar-refractivity contribution in [2.75, 3.05) is 11.9 Å². The number of carbonyl (C=O) groups excluding carboxylic acids is 2. The van der Waals surface area contributed by atoms with Gasteiger partial charge < -0.3 is 15.8 Å². The quantitative estimate of drug-likeness (QED) is 0.632. The Morgan fingerprint density at radius 2 is 1.93 bits per heavy atom. The zero-order valence-corrected chi connectivity index (χ0v) is 17.4. The number of rotatable bonds is 6. The van der Waals surface area contributed by atoms with Crippen LogP contribution in [-0.4, -0.2) is 35.2 Å². The van der Waals surface area contributed by atoms with Crippen LogP contribution in [0.1, 0.15) is 39.5 Å². The van der Waals surface area contributed by atoms with Crippen molar-refractivity contribution in [1.29, 1.82) is 0 Å². The average molecular weight is 444 g/mol. The molecule has 2 amide bonds. The van der Waals surface area contributed by atoms with Gasteiger partial charge in [0, 0.05) is 12.6 Å². The van der Waals surface area contributed by atoms with Crippen LogP contribution in [0.2, 0.25) is 0 Å². The van der Waals surface area contributed by atoms with E-state index in [2.05, 4.69) is 20.4 Å². The summed E-state index contributed by atoms with van der Waals surface area (Å²) in [6.07, 6.45) is -1.58. The van der Waals surface area contributed by atoms with E-state index in [0.717, 1.165) is 30.2 Å². The first kappa shape index (κ1) is 22.3. The number of alkyl halides is 3. The molecular formula is C19H23F3N4O3S. The van der Waals surface area contributed by atoms with E-state index < -0.39 is 23.2 Å². The Kier molecular flexibility index (Phi) is 5.96. The van der Waals surface area contributed by atoms with Gasteiger partial charge in [-0.1, -0.05) is 24.2 Å². The molecule has 0 unspecified atom stereocenters. The fourth-order valence-electron chi connectivity index (χ4n) is 3.46. The van der Waals surface area contributed by atoms with Crippen LogP contribution in [0.15, 0.2) is 18.2 Å². The third kappa shape index (κ3) is 4.84. The number of carbonyl (C=O) groups is 2. The zero-order chi connectivity index (χ0) is 22.2. The van der Waals surface area contributed by atoms with Crippen molar-refractivity contribution in [2.45, 2.75) is 51.4 Å². The minimum Gasteiger partial charge on any atom is -0.406 e. The number of nitrogens with one attached hydrogen (secondary N) is 2. The predicted octanol–water partition coefficient (Wildman–Crippen LogP) is 3.55. The molecule has 164 valence electrons. The van der Waals surface area contributed by atoms with Gasteiger partial charge in [0.1, 0.15) is 11.3 Å². The maximum Gasteiger partial charge on any atom is 0.573 e. The van der Waals surface area contributed by atoms with Crippen molar-refractivity contribution in [3.05, 3.63) is 18.2 Å². The molecule has 0 saturated heterocycles. The maximum absolute atomic E-state index is 12.8. The molecule has 1 saturated carbocycles. The number of benzene rings is 1. The number of halogens is 3. The largest absolute Gasteiger partial charge is 0.573 e. The van der Waals surface area contributed by atoms with Gasteiger partial charge in [-0.3, -0.25) is 14.9 Å². The first-order valence-corrected chi connectivity index (χ1v) is 10.3. The van der Waals surface area contributed by atoms with Crippen molar-refractivity contribution in [3.63, 3.8) is 0 Å². The van der Waals surface area contributed by atoms with Crippen molar-refractivity contribution in [3.8, 4) is 5.75 Å². The van der Waals surface area contributed by atoms with Gasteiger partial charge in [0.05, 0.1) is 15.6 Å². The number of hydrogen-bond acceptors (Lipinski definition) is 6. The van der Waals surface area contributed by atoms with Crippen LogP contribution in [0.5, 0.6) is 5.75 Å². The van der Waals surface area contributed by atoms with Gasteiger partial charge >= 0.3 is 6.36 Å². The summed E-state index contributed by atoms with van der Waals surface area (Å²) >= 11 is 1.01. The molecule has 4 N–H and O–H groups in total. The van der Waals surface area contributed by atoms with E-state index in [9.17, 15) is 22.8 Å². The van der Waals surface area contributed by atoms with Gasteiger partial charge in [-0.2, -0.15) is 0 Å². The van der Waals surface area contributed by atoms with Crippen LogP contribution in [0.3, 0.4) is 0 Å². The Morgan fingerprint density at radius 3 is 2.53 bits per heavy atom. The van der Waals surface area contributed by atoms with Gasteiger partial charge in [0.2, 0.25) is 5.91 Å². The van der Waals surface area contributed by atoms with E-state index in [-0.39, 0.29) is 23.3 Å². The fourth-order valence-corrected chi connectivity index (χ4v) is 4.35. The molecule has 11 heteroatoms. The Labute approximate surface area is 175 Å². The summed E-state index contributed by atoms with van der Waals surface area (Å²) in [6, 6.07) is 3.73. The van der Waals surface area contributed by atoms with E-state index in [1.807, 2.05) is 0 Å². The molecular weight excluding hydrogens is 421 g/mol. The fraction of sp³-hybridized carbons (Fsp3) is 0.526. The number of fused-ring (bicyclic) bond motifs is 1. The Balaban J connectivity index is 1.71. The van der Waals surface area contributed by atoms with E-state index in [4.69, 9.17) is 5.73 Å². The third-order valence-corrected chi connectivity index (χ3v) is 6.17. The van der Waals surface area contributed by atoms with Crippen LogP contribution in [0, 0.1) is 5.41 Å². The lowest BCUT2D eigenvalue weighted by atomic mass is 9.84. The molecule has 1 aromatic heterocycles. The van der Waals surface area contributed by atoms with Crippen LogP contribution in [-0.2, 0) is 9.59 Å². The molecule has 1 aromatic carbocycles. The molecule has 1 heterocycles. The van der Waals surface area contributed by atoms with Crippen molar-refractivity contribution >= 4 is 38.5 Å². The van der Waals surface area contributed by atoms with Crippen LogP contribution >= 0.6 is 11.3 Å². The topological polar surface area (TPSA) is 106 Å². The molecule has 1 fully saturated rings. The van der Waals surface area contributed by atoms with E-state index in [0.29, 0.717) is 23.1 Å². The molecule has 3 rings (SSSR count). The smallest absolute Gasteiger partial charge is 0.406 e. The normalized spacial score (nSPS) is 16.5. The molecule has 0 spiro atoms. The van der Waals surface area contributed by atoms with Gasteiger partial charge in [-0.25, -0.2) is 4.98 Å². The van der Waals surface area contributed by atoms with Gasteiger partial charge in [0.15, 0.2) is 5.13 Å². The molecule has 0 aliphatic heterocycles. The molecule has 0 atom stereocenters. The second-order valence-corrected chi connectivity index (χ2v) is 8.95. The number of hydrogen-bond donors (Lipinski definition) is 3.